The minimum Gasteiger partial charge on any atom is -0.280 e. The van der Waals surface area contributed by atoms with E-state index in [2.05, 4.69) is 4.72 Å². The van der Waals surface area contributed by atoms with Gasteiger partial charge >= 0.3 is 0 Å². The molecule has 0 amide bonds. The summed E-state index contributed by atoms with van der Waals surface area (Å²) in [6, 6.07) is 10.4. The molecule has 2 aromatic carbocycles. The molecular formula is C14H14FNO2S. The lowest BCUT2D eigenvalue weighted by Crippen LogP contribution is -2.14. The van der Waals surface area contributed by atoms with Gasteiger partial charge in [-0.15, -0.1) is 0 Å². The predicted octanol–water partition coefficient (Wildman–Crippen LogP) is 3.24. The van der Waals surface area contributed by atoms with Crippen LogP contribution in [0.3, 0.4) is 0 Å². The minimum atomic E-state index is -3.65. The van der Waals surface area contributed by atoms with E-state index in [9.17, 15) is 12.8 Å². The third kappa shape index (κ3) is 3.12. The first-order chi connectivity index (χ1) is 8.88. The maximum absolute atomic E-state index is 12.8. The molecule has 0 aromatic heterocycles. The summed E-state index contributed by atoms with van der Waals surface area (Å²) >= 11 is 0. The van der Waals surface area contributed by atoms with Crippen molar-refractivity contribution in [1.29, 1.82) is 0 Å². The fraction of sp³-hybridized carbons (Fsp3) is 0.143. The summed E-state index contributed by atoms with van der Waals surface area (Å²) in [5, 5.41) is 0. The highest BCUT2D eigenvalue weighted by Gasteiger charge is 2.16. The van der Waals surface area contributed by atoms with Crippen molar-refractivity contribution in [2.75, 3.05) is 4.72 Å². The minimum absolute atomic E-state index is 0.233. The van der Waals surface area contributed by atoms with Crippen molar-refractivity contribution in [2.24, 2.45) is 0 Å². The molecule has 100 valence electrons. The molecule has 0 aliphatic heterocycles. The van der Waals surface area contributed by atoms with Crippen molar-refractivity contribution in [3.8, 4) is 0 Å². The first-order valence-electron chi connectivity index (χ1n) is 5.74. The van der Waals surface area contributed by atoms with Crippen LogP contribution in [0.1, 0.15) is 11.1 Å². The van der Waals surface area contributed by atoms with Crippen molar-refractivity contribution >= 4 is 15.7 Å². The van der Waals surface area contributed by atoms with E-state index in [0.29, 0.717) is 11.3 Å². The highest BCUT2D eigenvalue weighted by Crippen LogP contribution is 2.20. The van der Waals surface area contributed by atoms with Gasteiger partial charge in [0.15, 0.2) is 0 Å². The first-order valence-corrected chi connectivity index (χ1v) is 7.22. The van der Waals surface area contributed by atoms with Gasteiger partial charge < -0.3 is 0 Å². The molecule has 0 radical (unpaired) electrons. The second kappa shape index (κ2) is 5.01. The molecule has 3 nitrogen and oxygen atoms in total. The van der Waals surface area contributed by atoms with E-state index in [1.165, 1.54) is 24.3 Å². The lowest BCUT2D eigenvalue weighted by atomic mass is 10.2. The zero-order chi connectivity index (χ0) is 14.0. The van der Waals surface area contributed by atoms with Crippen molar-refractivity contribution in [2.45, 2.75) is 18.7 Å². The zero-order valence-corrected chi connectivity index (χ0v) is 11.5. The van der Waals surface area contributed by atoms with Gasteiger partial charge in [-0.1, -0.05) is 12.1 Å². The molecule has 0 bridgehead atoms. The lowest BCUT2D eigenvalue weighted by Gasteiger charge is -2.11. The summed E-state index contributed by atoms with van der Waals surface area (Å²) in [5.74, 6) is -0.408. The Morgan fingerprint density at radius 2 is 1.63 bits per heavy atom. The average Bonchev–Trinajstić information content (AvgIpc) is 2.35. The van der Waals surface area contributed by atoms with Gasteiger partial charge in [0.1, 0.15) is 5.82 Å². The summed E-state index contributed by atoms with van der Waals surface area (Å²) in [5.41, 5.74) is 1.87. The summed E-state index contributed by atoms with van der Waals surface area (Å²) < 4.78 is 39.7. The van der Waals surface area contributed by atoms with E-state index in [1.54, 1.807) is 19.1 Å². The molecule has 2 rings (SSSR count). The Kier molecular flexibility index (Phi) is 3.57. The summed E-state index contributed by atoms with van der Waals surface area (Å²) in [7, 11) is -3.65. The van der Waals surface area contributed by atoms with Gasteiger partial charge in [-0.25, -0.2) is 12.8 Å². The third-order valence-corrected chi connectivity index (χ3v) is 4.25. The highest BCUT2D eigenvalue weighted by molar-refractivity contribution is 7.92. The molecule has 0 atom stereocenters. The topological polar surface area (TPSA) is 46.2 Å². The number of rotatable bonds is 3. The predicted molar refractivity (Wildman–Crippen MR) is 73.1 cm³/mol. The molecule has 0 saturated heterocycles. The molecule has 2 aromatic rings. The first kappa shape index (κ1) is 13.5. The van der Waals surface area contributed by atoms with Crippen LogP contribution >= 0.6 is 0 Å². The van der Waals surface area contributed by atoms with Gasteiger partial charge in [-0.3, -0.25) is 4.72 Å². The van der Waals surface area contributed by atoms with Crippen LogP contribution in [0.2, 0.25) is 0 Å². The Hall–Kier alpha value is -1.88. The maximum Gasteiger partial charge on any atom is 0.262 e. The molecule has 0 aliphatic rings. The van der Waals surface area contributed by atoms with Gasteiger partial charge in [0, 0.05) is 5.69 Å². The number of nitrogens with one attached hydrogen (secondary N) is 1. The third-order valence-electron chi connectivity index (χ3n) is 2.73. The Morgan fingerprint density at radius 3 is 2.26 bits per heavy atom. The number of hydrogen-bond donors (Lipinski definition) is 1. The smallest absolute Gasteiger partial charge is 0.262 e. The van der Waals surface area contributed by atoms with E-state index in [-0.39, 0.29) is 4.90 Å². The standard InChI is InChI=1S/C14H14FNO2S/c1-10-3-4-11(2)14(9-10)19(17,18)16-13-7-5-12(15)6-8-13/h3-9,16H,1-2H3. The molecule has 19 heavy (non-hydrogen) atoms. The Bertz CT molecular complexity index is 694. The fourth-order valence-corrected chi connectivity index (χ4v) is 3.11. The molecule has 0 saturated carbocycles. The van der Waals surface area contributed by atoms with E-state index >= 15 is 0 Å². The van der Waals surface area contributed by atoms with E-state index in [1.807, 2.05) is 13.0 Å². The molecule has 0 spiro atoms. The van der Waals surface area contributed by atoms with Crippen molar-refractivity contribution < 1.29 is 12.8 Å². The van der Waals surface area contributed by atoms with Crippen LogP contribution in [-0.2, 0) is 10.0 Å². The van der Waals surface area contributed by atoms with Gasteiger partial charge in [-0.05, 0) is 55.3 Å². The van der Waals surface area contributed by atoms with Gasteiger partial charge in [0.25, 0.3) is 10.0 Å². The molecule has 0 fully saturated rings. The van der Waals surface area contributed by atoms with Gasteiger partial charge in [0.05, 0.1) is 4.90 Å². The number of benzene rings is 2. The van der Waals surface area contributed by atoms with Crippen LogP contribution in [0.4, 0.5) is 10.1 Å². The van der Waals surface area contributed by atoms with Crippen LogP contribution in [0.25, 0.3) is 0 Å². The Morgan fingerprint density at radius 1 is 1.00 bits per heavy atom. The normalized spacial score (nSPS) is 11.3. The van der Waals surface area contributed by atoms with Crippen LogP contribution < -0.4 is 4.72 Å². The molecule has 0 unspecified atom stereocenters. The Balaban J connectivity index is 2.37. The van der Waals surface area contributed by atoms with E-state index < -0.39 is 15.8 Å². The highest BCUT2D eigenvalue weighted by atomic mass is 32.2. The average molecular weight is 279 g/mol. The SMILES string of the molecule is Cc1ccc(C)c(S(=O)(=O)Nc2ccc(F)cc2)c1. The molecule has 0 heterocycles. The molecular weight excluding hydrogens is 265 g/mol. The summed E-state index contributed by atoms with van der Waals surface area (Å²) in [4.78, 5) is 0.233. The summed E-state index contributed by atoms with van der Waals surface area (Å²) in [6.07, 6.45) is 0. The van der Waals surface area contributed by atoms with Crippen molar-refractivity contribution in [3.63, 3.8) is 0 Å². The van der Waals surface area contributed by atoms with Crippen molar-refractivity contribution in [1.82, 2.24) is 0 Å². The van der Waals surface area contributed by atoms with E-state index in [0.717, 1.165) is 5.56 Å². The number of aryl methyl sites for hydroxylation is 2. The van der Waals surface area contributed by atoms with Crippen LogP contribution in [0, 0.1) is 19.7 Å². The lowest BCUT2D eigenvalue weighted by molar-refractivity contribution is 0.600. The summed E-state index contributed by atoms with van der Waals surface area (Å²) in [6.45, 7) is 3.56. The monoisotopic (exact) mass is 279 g/mol. The number of halogens is 1. The van der Waals surface area contributed by atoms with Crippen LogP contribution in [-0.4, -0.2) is 8.42 Å². The second-order valence-corrected chi connectivity index (χ2v) is 6.03. The maximum atomic E-state index is 12.8. The fourth-order valence-electron chi connectivity index (χ4n) is 1.72. The zero-order valence-electron chi connectivity index (χ0n) is 10.6. The van der Waals surface area contributed by atoms with E-state index in [4.69, 9.17) is 0 Å². The largest absolute Gasteiger partial charge is 0.280 e. The molecule has 0 aliphatic carbocycles. The molecule has 1 N–H and O–H groups in total. The quantitative estimate of drug-likeness (QED) is 0.937. The molecule has 5 heteroatoms. The van der Waals surface area contributed by atoms with Crippen molar-refractivity contribution in [3.05, 3.63) is 59.4 Å². The van der Waals surface area contributed by atoms with Gasteiger partial charge in [0.2, 0.25) is 0 Å². The number of hydrogen-bond acceptors (Lipinski definition) is 2. The van der Waals surface area contributed by atoms with Gasteiger partial charge in [-0.2, -0.15) is 0 Å². The number of anilines is 1. The van der Waals surface area contributed by atoms with Crippen LogP contribution in [0.15, 0.2) is 47.4 Å². The second-order valence-electron chi connectivity index (χ2n) is 4.38. The Labute approximate surface area is 112 Å². The van der Waals surface area contributed by atoms with Crippen LogP contribution in [0.5, 0.6) is 0 Å². The number of sulfonamides is 1.